The molecular formula is C15H11NOS. The molecule has 3 aromatic rings. The summed E-state index contributed by atoms with van der Waals surface area (Å²) in [4.78, 5) is 16.3. The molecule has 0 fully saturated rings. The average molecular weight is 253 g/mol. The van der Waals surface area contributed by atoms with Crippen molar-refractivity contribution in [1.29, 1.82) is 0 Å². The van der Waals surface area contributed by atoms with E-state index in [4.69, 9.17) is 0 Å². The van der Waals surface area contributed by atoms with Gasteiger partial charge in [0.2, 0.25) is 0 Å². The second-order valence-electron chi connectivity index (χ2n) is 4.09. The van der Waals surface area contributed by atoms with Gasteiger partial charge in [0.25, 0.3) is 0 Å². The zero-order chi connectivity index (χ0) is 12.4. The van der Waals surface area contributed by atoms with Crippen LogP contribution in [-0.2, 0) is 6.42 Å². The first-order chi connectivity index (χ1) is 8.83. The summed E-state index contributed by atoms with van der Waals surface area (Å²) in [6.45, 7) is 0. The number of fused-ring (bicyclic) bond motifs is 1. The maximum Gasteiger partial charge on any atom is 0.169 e. The van der Waals surface area contributed by atoms with Crippen LogP contribution < -0.4 is 0 Å². The van der Waals surface area contributed by atoms with E-state index >= 15 is 0 Å². The van der Waals surface area contributed by atoms with Gasteiger partial charge in [-0.2, -0.15) is 0 Å². The molecule has 88 valence electrons. The Bertz CT molecular complexity index is 689. The summed E-state index contributed by atoms with van der Waals surface area (Å²) in [5.74, 6) is 0.121. The highest BCUT2D eigenvalue weighted by Crippen LogP contribution is 2.17. The summed E-state index contributed by atoms with van der Waals surface area (Å²) in [6.07, 6.45) is 2.11. The third-order valence-corrected chi connectivity index (χ3v) is 3.65. The normalized spacial score (nSPS) is 10.7. The molecule has 0 N–H and O–H groups in total. The number of carbonyl (C=O) groups excluding carboxylic acids is 1. The minimum Gasteiger partial charge on any atom is -0.294 e. The second kappa shape index (κ2) is 4.70. The first-order valence-electron chi connectivity index (χ1n) is 5.73. The maximum absolute atomic E-state index is 12.1. The number of aromatic nitrogens is 1. The van der Waals surface area contributed by atoms with E-state index in [0.29, 0.717) is 6.42 Å². The lowest BCUT2D eigenvalue weighted by Gasteiger charge is -2.02. The van der Waals surface area contributed by atoms with Crippen LogP contribution in [0.2, 0.25) is 0 Å². The van der Waals surface area contributed by atoms with Gasteiger partial charge < -0.3 is 0 Å². The van der Waals surface area contributed by atoms with E-state index in [1.54, 1.807) is 6.20 Å². The lowest BCUT2D eigenvalue weighted by Crippen LogP contribution is -2.02. The molecule has 0 aliphatic heterocycles. The van der Waals surface area contributed by atoms with Crippen LogP contribution in [0.15, 0.2) is 54.0 Å². The molecule has 1 aromatic heterocycles. The van der Waals surface area contributed by atoms with E-state index in [0.717, 1.165) is 21.3 Å². The summed E-state index contributed by atoms with van der Waals surface area (Å²) in [6, 6.07) is 13.9. The Morgan fingerprint density at radius 1 is 1.11 bits per heavy atom. The number of hydrogen-bond donors (Lipinski definition) is 0. The largest absolute Gasteiger partial charge is 0.294 e. The summed E-state index contributed by atoms with van der Waals surface area (Å²) in [5, 5.41) is 5.02. The molecule has 0 bridgehead atoms. The van der Waals surface area contributed by atoms with Crippen LogP contribution >= 0.6 is 11.3 Å². The molecule has 3 heteroatoms. The molecule has 0 unspecified atom stereocenters. The van der Waals surface area contributed by atoms with Crippen molar-refractivity contribution in [1.82, 2.24) is 4.98 Å². The highest BCUT2D eigenvalue weighted by molar-refractivity contribution is 7.09. The smallest absolute Gasteiger partial charge is 0.169 e. The average Bonchev–Trinajstić information content (AvgIpc) is 2.91. The van der Waals surface area contributed by atoms with Crippen molar-refractivity contribution >= 4 is 27.9 Å². The van der Waals surface area contributed by atoms with Gasteiger partial charge in [0.15, 0.2) is 5.78 Å². The highest BCUT2D eigenvalue weighted by atomic mass is 32.1. The second-order valence-corrected chi connectivity index (χ2v) is 5.07. The first-order valence-corrected chi connectivity index (χ1v) is 6.61. The Morgan fingerprint density at radius 2 is 1.94 bits per heavy atom. The molecule has 0 aliphatic rings. The number of rotatable bonds is 3. The third kappa shape index (κ3) is 2.17. The Morgan fingerprint density at radius 3 is 2.72 bits per heavy atom. The highest BCUT2D eigenvalue weighted by Gasteiger charge is 2.09. The number of thiazole rings is 1. The predicted octanol–water partition coefficient (Wildman–Crippen LogP) is 3.72. The van der Waals surface area contributed by atoms with Crippen molar-refractivity contribution in [3.63, 3.8) is 0 Å². The van der Waals surface area contributed by atoms with Crippen molar-refractivity contribution in [2.75, 3.05) is 0 Å². The van der Waals surface area contributed by atoms with Crippen molar-refractivity contribution in [2.24, 2.45) is 0 Å². The van der Waals surface area contributed by atoms with Crippen LogP contribution in [0.3, 0.4) is 0 Å². The fourth-order valence-corrected chi connectivity index (χ4v) is 2.56. The van der Waals surface area contributed by atoms with Gasteiger partial charge in [0.05, 0.1) is 6.42 Å². The summed E-state index contributed by atoms with van der Waals surface area (Å²) >= 11 is 1.52. The van der Waals surface area contributed by atoms with E-state index in [2.05, 4.69) is 4.98 Å². The van der Waals surface area contributed by atoms with Crippen LogP contribution in [0.1, 0.15) is 15.4 Å². The van der Waals surface area contributed by atoms with Crippen molar-refractivity contribution < 1.29 is 4.79 Å². The Hall–Kier alpha value is -2.00. The number of ketones is 1. The minimum absolute atomic E-state index is 0.121. The van der Waals surface area contributed by atoms with E-state index in [9.17, 15) is 4.79 Å². The standard InChI is InChI=1S/C15H11NOS/c17-14(10-15-16-7-8-18-15)13-6-5-11-3-1-2-4-12(11)9-13/h1-9H,10H2. The number of Topliss-reactive ketones (excluding diaryl/α,β-unsaturated/α-hetero) is 1. The molecule has 2 nitrogen and oxygen atoms in total. The van der Waals surface area contributed by atoms with Crippen molar-refractivity contribution in [3.05, 3.63) is 64.6 Å². The summed E-state index contributed by atoms with van der Waals surface area (Å²) in [7, 11) is 0. The van der Waals surface area contributed by atoms with Gasteiger partial charge in [-0.1, -0.05) is 36.4 Å². The summed E-state index contributed by atoms with van der Waals surface area (Å²) in [5.41, 5.74) is 0.754. The van der Waals surface area contributed by atoms with Gasteiger partial charge in [0, 0.05) is 17.1 Å². The van der Waals surface area contributed by atoms with Gasteiger partial charge in [0.1, 0.15) is 5.01 Å². The van der Waals surface area contributed by atoms with E-state index < -0.39 is 0 Å². The van der Waals surface area contributed by atoms with Crippen LogP contribution in [0, 0.1) is 0 Å². The summed E-state index contributed by atoms with van der Waals surface area (Å²) < 4.78 is 0. The lowest BCUT2D eigenvalue weighted by molar-refractivity contribution is 0.0993. The molecule has 0 saturated heterocycles. The molecule has 0 saturated carbocycles. The maximum atomic E-state index is 12.1. The van der Waals surface area contributed by atoms with Gasteiger partial charge in [-0.15, -0.1) is 11.3 Å². The molecule has 0 spiro atoms. The van der Waals surface area contributed by atoms with Gasteiger partial charge in [-0.3, -0.25) is 4.79 Å². The van der Waals surface area contributed by atoms with Crippen LogP contribution in [-0.4, -0.2) is 10.8 Å². The molecule has 3 rings (SSSR count). The third-order valence-electron chi connectivity index (χ3n) is 2.87. The quantitative estimate of drug-likeness (QED) is 0.666. The first kappa shape index (κ1) is 11.1. The lowest BCUT2D eigenvalue weighted by atomic mass is 10.0. The monoisotopic (exact) mass is 253 g/mol. The number of carbonyl (C=O) groups is 1. The van der Waals surface area contributed by atoms with Gasteiger partial charge in [-0.25, -0.2) is 4.98 Å². The fourth-order valence-electron chi connectivity index (χ4n) is 1.94. The van der Waals surface area contributed by atoms with Gasteiger partial charge >= 0.3 is 0 Å². The van der Waals surface area contributed by atoms with E-state index in [1.165, 1.54) is 11.3 Å². The molecule has 2 aromatic carbocycles. The minimum atomic E-state index is 0.121. The Labute approximate surface area is 109 Å². The Kier molecular flexibility index (Phi) is 2.90. The van der Waals surface area contributed by atoms with Crippen LogP contribution in [0.5, 0.6) is 0 Å². The Balaban J connectivity index is 1.92. The molecular weight excluding hydrogens is 242 g/mol. The predicted molar refractivity (Wildman–Crippen MR) is 74.1 cm³/mol. The molecule has 0 aliphatic carbocycles. The van der Waals surface area contributed by atoms with Crippen LogP contribution in [0.4, 0.5) is 0 Å². The zero-order valence-corrected chi connectivity index (χ0v) is 10.5. The number of benzene rings is 2. The van der Waals surface area contributed by atoms with Crippen molar-refractivity contribution in [3.8, 4) is 0 Å². The van der Waals surface area contributed by atoms with Crippen molar-refractivity contribution in [2.45, 2.75) is 6.42 Å². The number of nitrogens with zero attached hydrogens (tertiary/aromatic N) is 1. The molecule has 0 radical (unpaired) electrons. The molecule has 1 heterocycles. The van der Waals surface area contributed by atoms with E-state index in [-0.39, 0.29) is 5.78 Å². The van der Waals surface area contributed by atoms with Gasteiger partial charge in [-0.05, 0) is 16.8 Å². The molecule has 0 amide bonds. The zero-order valence-electron chi connectivity index (χ0n) is 9.67. The van der Waals surface area contributed by atoms with E-state index in [1.807, 2.05) is 47.8 Å². The van der Waals surface area contributed by atoms with Crippen LogP contribution in [0.25, 0.3) is 10.8 Å². The SMILES string of the molecule is O=C(Cc1nccs1)c1ccc2ccccc2c1. The topological polar surface area (TPSA) is 30.0 Å². The molecule has 0 atom stereocenters. The molecule has 18 heavy (non-hydrogen) atoms. The number of hydrogen-bond acceptors (Lipinski definition) is 3. The fraction of sp³-hybridized carbons (Fsp3) is 0.0667.